The molecule has 0 amide bonds. The summed E-state index contributed by atoms with van der Waals surface area (Å²) in [4.78, 5) is 14.4. The number of fused-ring (bicyclic) bond motifs is 1. The molecular formula is C9H7NO2S. The number of rotatable bonds is 1. The number of aromatic nitrogens is 1. The third-order valence-corrected chi connectivity index (χ3v) is 2.27. The van der Waals surface area contributed by atoms with Gasteiger partial charge in [-0.2, -0.15) is 0 Å². The van der Waals surface area contributed by atoms with Gasteiger partial charge >= 0.3 is 0 Å². The minimum absolute atomic E-state index is 0.114. The van der Waals surface area contributed by atoms with Crippen LogP contribution in [0.2, 0.25) is 0 Å². The van der Waals surface area contributed by atoms with E-state index in [0.29, 0.717) is 12.0 Å². The molecule has 2 rings (SSSR count). The van der Waals surface area contributed by atoms with Gasteiger partial charge in [-0.1, -0.05) is 0 Å². The van der Waals surface area contributed by atoms with Gasteiger partial charge in [-0.05, 0) is 29.7 Å². The van der Waals surface area contributed by atoms with Crippen LogP contribution in [0.25, 0.3) is 10.9 Å². The summed E-state index contributed by atoms with van der Waals surface area (Å²) in [7, 11) is 0. The van der Waals surface area contributed by atoms with Gasteiger partial charge in [-0.25, -0.2) is 0 Å². The van der Waals surface area contributed by atoms with Gasteiger partial charge in [-0.15, -0.1) is 0 Å². The van der Waals surface area contributed by atoms with Crippen molar-refractivity contribution in [3.63, 3.8) is 0 Å². The summed E-state index contributed by atoms with van der Waals surface area (Å²) < 4.78 is 8.80. The predicted molar refractivity (Wildman–Crippen MR) is 53.1 cm³/mol. The van der Waals surface area contributed by atoms with Gasteiger partial charge in [-0.3, -0.25) is 4.79 Å². The topological polar surface area (TPSA) is 53.1 Å². The second-order valence-corrected chi connectivity index (χ2v) is 3.32. The quantitative estimate of drug-likeness (QED) is 0.682. The molecule has 0 unspecified atom stereocenters. The van der Waals surface area contributed by atoms with Gasteiger partial charge in [0.2, 0.25) is 5.56 Å². The van der Waals surface area contributed by atoms with E-state index in [9.17, 15) is 4.79 Å². The third kappa shape index (κ3) is 1.59. The van der Waals surface area contributed by atoms with Crippen LogP contribution in [0.5, 0.6) is 0 Å². The summed E-state index contributed by atoms with van der Waals surface area (Å²) in [6, 6.07) is 8.54. The summed E-state index contributed by atoms with van der Waals surface area (Å²) in [5, 5.41) is 0.915. The van der Waals surface area contributed by atoms with Crippen LogP contribution in [-0.4, -0.2) is 9.54 Å². The molecule has 0 aliphatic rings. The lowest BCUT2D eigenvalue weighted by Crippen LogP contribution is -2.01. The van der Waals surface area contributed by atoms with E-state index in [2.05, 4.69) is 4.98 Å². The summed E-state index contributed by atoms with van der Waals surface area (Å²) >= 11 is 0.696. The van der Waals surface area contributed by atoms with Crippen LogP contribution >= 0.6 is 12.0 Å². The Morgan fingerprint density at radius 2 is 2.08 bits per heavy atom. The average Bonchev–Trinajstić information content (AvgIpc) is 2.17. The molecule has 0 radical (unpaired) electrons. The molecule has 0 spiro atoms. The van der Waals surface area contributed by atoms with Gasteiger partial charge in [0, 0.05) is 28.5 Å². The van der Waals surface area contributed by atoms with Gasteiger partial charge in [0.1, 0.15) is 0 Å². The molecule has 0 saturated heterocycles. The van der Waals surface area contributed by atoms with E-state index in [1.807, 2.05) is 6.07 Å². The monoisotopic (exact) mass is 193 g/mol. The molecule has 4 heteroatoms. The van der Waals surface area contributed by atoms with Crippen molar-refractivity contribution in [1.29, 1.82) is 0 Å². The number of aromatic amines is 1. The molecule has 1 aromatic heterocycles. The van der Waals surface area contributed by atoms with E-state index >= 15 is 0 Å². The molecule has 2 N–H and O–H groups in total. The van der Waals surface area contributed by atoms with Crippen molar-refractivity contribution < 1.29 is 4.55 Å². The van der Waals surface area contributed by atoms with Crippen molar-refractivity contribution in [1.82, 2.24) is 4.98 Å². The highest BCUT2D eigenvalue weighted by molar-refractivity contribution is 7.93. The van der Waals surface area contributed by atoms with Gasteiger partial charge in [0.25, 0.3) is 0 Å². The normalized spacial score (nSPS) is 10.5. The molecular weight excluding hydrogens is 186 g/mol. The molecule has 0 bridgehead atoms. The zero-order valence-electron chi connectivity index (χ0n) is 6.65. The van der Waals surface area contributed by atoms with Crippen LogP contribution in [0, 0.1) is 0 Å². The molecule has 3 nitrogen and oxygen atoms in total. The summed E-state index contributed by atoms with van der Waals surface area (Å²) in [6.07, 6.45) is 0. The zero-order valence-corrected chi connectivity index (χ0v) is 7.47. The van der Waals surface area contributed by atoms with E-state index in [0.717, 1.165) is 15.8 Å². The lowest BCUT2D eigenvalue weighted by atomic mass is 10.2. The Balaban J connectivity index is 2.73. The lowest BCUT2D eigenvalue weighted by Gasteiger charge is -1.98. The standard InChI is InChI=1S/C9H7NO2S/c11-9-4-1-6-5-7(13-12)2-3-8(6)10-9/h1-5,12H,(H,10,11). The second-order valence-electron chi connectivity index (χ2n) is 2.66. The van der Waals surface area contributed by atoms with Gasteiger partial charge in [0.05, 0.1) is 0 Å². The van der Waals surface area contributed by atoms with E-state index in [1.165, 1.54) is 6.07 Å². The Morgan fingerprint density at radius 3 is 2.85 bits per heavy atom. The maximum atomic E-state index is 10.9. The van der Waals surface area contributed by atoms with Crippen molar-refractivity contribution in [3.8, 4) is 0 Å². The first-order valence-corrected chi connectivity index (χ1v) is 4.51. The molecule has 0 atom stereocenters. The van der Waals surface area contributed by atoms with Crippen LogP contribution in [0.4, 0.5) is 0 Å². The maximum Gasteiger partial charge on any atom is 0.248 e. The summed E-state index contributed by atoms with van der Waals surface area (Å²) in [6.45, 7) is 0. The molecule has 0 aliphatic carbocycles. The van der Waals surface area contributed by atoms with Crippen molar-refractivity contribution >= 4 is 22.9 Å². The van der Waals surface area contributed by atoms with Crippen molar-refractivity contribution in [2.75, 3.05) is 0 Å². The Bertz CT molecular complexity index is 492. The molecule has 66 valence electrons. The Kier molecular flexibility index (Phi) is 2.08. The Labute approximate surface area is 78.6 Å². The number of pyridine rings is 1. The van der Waals surface area contributed by atoms with E-state index in [4.69, 9.17) is 4.55 Å². The van der Waals surface area contributed by atoms with Gasteiger partial charge in [0.15, 0.2) is 0 Å². The number of benzene rings is 1. The van der Waals surface area contributed by atoms with Crippen LogP contribution in [0.3, 0.4) is 0 Å². The number of H-pyrrole nitrogens is 1. The van der Waals surface area contributed by atoms with Gasteiger partial charge < -0.3 is 9.54 Å². The zero-order chi connectivity index (χ0) is 9.26. The lowest BCUT2D eigenvalue weighted by molar-refractivity contribution is 0.664. The predicted octanol–water partition coefficient (Wildman–Crippen LogP) is 2.09. The van der Waals surface area contributed by atoms with E-state index in [-0.39, 0.29) is 5.56 Å². The van der Waals surface area contributed by atoms with Crippen LogP contribution in [0.1, 0.15) is 0 Å². The molecule has 2 aromatic rings. The molecule has 0 saturated carbocycles. The number of hydrogen-bond acceptors (Lipinski definition) is 3. The fraction of sp³-hybridized carbons (Fsp3) is 0. The molecule has 13 heavy (non-hydrogen) atoms. The molecule has 0 aliphatic heterocycles. The Morgan fingerprint density at radius 1 is 1.23 bits per heavy atom. The minimum Gasteiger partial charge on any atom is -0.325 e. The SMILES string of the molecule is O=c1ccc2cc(SO)ccc2[nH]1. The largest absolute Gasteiger partial charge is 0.325 e. The molecule has 1 aromatic carbocycles. The van der Waals surface area contributed by atoms with Crippen molar-refractivity contribution in [2.45, 2.75) is 4.90 Å². The maximum absolute atomic E-state index is 10.9. The van der Waals surface area contributed by atoms with Crippen molar-refractivity contribution in [3.05, 3.63) is 40.7 Å². The summed E-state index contributed by atoms with van der Waals surface area (Å²) in [5.74, 6) is 0. The average molecular weight is 193 g/mol. The van der Waals surface area contributed by atoms with Crippen LogP contribution in [0.15, 0.2) is 40.0 Å². The second kappa shape index (κ2) is 3.24. The fourth-order valence-electron chi connectivity index (χ4n) is 1.19. The Hall–Kier alpha value is -1.26. The molecule has 0 fully saturated rings. The summed E-state index contributed by atoms with van der Waals surface area (Å²) in [5.41, 5.74) is 0.669. The smallest absolute Gasteiger partial charge is 0.248 e. The highest BCUT2D eigenvalue weighted by Crippen LogP contribution is 2.18. The van der Waals surface area contributed by atoms with E-state index in [1.54, 1.807) is 18.2 Å². The van der Waals surface area contributed by atoms with Crippen LogP contribution in [-0.2, 0) is 0 Å². The highest BCUT2D eigenvalue weighted by Gasteiger charge is 1.96. The number of nitrogens with one attached hydrogen (secondary N) is 1. The molecule has 1 heterocycles. The van der Waals surface area contributed by atoms with Crippen molar-refractivity contribution in [2.24, 2.45) is 0 Å². The first-order chi connectivity index (χ1) is 6.29. The first-order valence-electron chi connectivity index (χ1n) is 3.74. The van der Waals surface area contributed by atoms with E-state index < -0.39 is 0 Å². The minimum atomic E-state index is -0.114. The fourth-order valence-corrected chi connectivity index (χ4v) is 1.50. The highest BCUT2D eigenvalue weighted by atomic mass is 32.2. The number of hydrogen-bond donors (Lipinski definition) is 2. The van der Waals surface area contributed by atoms with Crippen LogP contribution < -0.4 is 5.56 Å². The first kappa shape index (κ1) is 8.34. The third-order valence-electron chi connectivity index (χ3n) is 1.80.